The molecule has 40 heavy (non-hydrogen) atoms. The summed E-state index contributed by atoms with van der Waals surface area (Å²) in [6.45, 7) is 4.93. The Morgan fingerprint density at radius 3 is 2.48 bits per heavy atom. The van der Waals surface area contributed by atoms with Crippen molar-refractivity contribution in [1.29, 1.82) is 0 Å². The minimum Gasteiger partial charge on any atom is -0.489 e. The average Bonchev–Trinajstić information content (AvgIpc) is 3.56. The number of aldehydes is 1. The minimum absolute atomic E-state index is 0.107. The molecule has 0 spiro atoms. The summed E-state index contributed by atoms with van der Waals surface area (Å²) >= 11 is 0. The summed E-state index contributed by atoms with van der Waals surface area (Å²) in [7, 11) is 0. The maximum Gasteiger partial charge on any atom is 0.408 e. The van der Waals surface area contributed by atoms with Gasteiger partial charge in [0.1, 0.15) is 30.3 Å². The molecule has 0 bridgehead atoms. The Morgan fingerprint density at radius 2 is 1.82 bits per heavy atom. The van der Waals surface area contributed by atoms with Gasteiger partial charge in [0.2, 0.25) is 11.8 Å². The molecule has 2 aliphatic rings. The van der Waals surface area contributed by atoms with E-state index < -0.39 is 29.7 Å². The van der Waals surface area contributed by atoms with Gasteiger partial charge in [0.25, 0.3) is 0 Å². The largest absolute Gasteiger partial charge is 0.489 e. The molecule has 0 aromatic heterocycles. The summed E-state index contributed by atoms with van der Waals surface area (Å²) in [6, 6.07) is 16.0. The van der Waals surface area contributed by atoms with E-state index in [0.717, 1.165) is 29.7 Å². The van der Waals surface area contributed by atoms with Crippen LogP contribution in [0.1, 0.15) is 57.1 Å². The molecule has 0 radical (unpaired) electrons. The van der Waals surface area contributed by atoms with Crippen LogP contribution >= 0.6 is 0 Å². The normalized spacial score (nSPS) is 18.8. The second kappa shape index (κ2) is 13.5. The summed E-state index contributed by atoms with van der Waals surface area (Å²) < 4.78 is 11.8. The lowest BCUT2D eigenvalue weighted by molar-refractivity contribution is -0.127. The molecule has 9 nitrogen and oxygen atoms in total. The maximum atomic E-state index is 13.1. The van der Waals surface area contributed by atoms with Crippen LogP contribution < -0.4 is 20.7 Å². The van der Waals surface area contributed by atoms with Gasteiger partial charge in [-0.05, 0) is 61.3 Å². The van der Waals surface area contributed by atoms with Crippen molar-refractivity contribution < 1.29 is 28.7 Å². The van der Waals surface area contributed by atoms with Gasteiger partial charge in [-0.1, -0.05) is 56.3 Å². The number of benzene rings is 2. The standard InChI is InChI=1S/C31H39N3O6/c1-21(2)15-27(29(37)33-25(19-35)17-24-11-14-32-28(24)36)34-30(38)40-31(12-13-31)18-23-9-6-10-26(16-23)39-20-22-7-4-3-5-8-22/h3-10,16,19,21,24-25,27H,11-15,17-18,20H2,1-2H3,(H,32,36)(H,33,37)(H,34,38)/t24-,25-,27-/m0/s1. The summed E-state index contributed by atoms with van der Waals surface area (Å²) in [5.41, 5.74) is 1.45. The number of hydrogen-bond donors (Lipinski definition) is 3. The molecule has 3 N–H and O–H groups in total. The lowest BCUT2D eigenvalue weighted by atomic mass is 9.98. The van der Waals surface area contributed by atoms with E-state index in [-0.39, 0.29) is 24.2 Å². The highest BCUT2D eigenvalue weighted by Gasteiger charge is 2.47. The van der Waals surface area contributed by atoms with E-state index >= 15 is 0 Å². The van der Waals surface area contributed by atoms with E-state index in [4.69, 9.17) is 9.47 Å². The van der Waals surface area contributed by atoms with Crippen molar-refractivity contribution in [3.05, 3.63) is 65.7 Å². The van der Waals surface area contributed by atoms with E-state index in [1.165, 1.54) is 0 Å². The number of hydrogen-bond acceptors (Lipinski definition) is 6. The van der Waals surface area contributed by atoms with E-state index in [0.29, 0.717) is 38.7 Å². The lowest BCUT2D eigenvalue weighted by Crippen LogP contribution is -2.51. The molecule has 3 amide bonds. The van der Waals surface area contributed by atoms with Gasteiger partial charge in [0.15, 0.2) is 0 Å². The molecule has 1 saturated heterocycles. The summed E-state index contributed by atoms with van der Waals surface area (Å²) in [4.78, 5) is 49.5. The topological polar surface area (TPSA) is 123 Å². The summed E-state index contributed by atoms with van der Waals surface area (Å²) in [6.07, 6.45) is 3.23. The van der Waals surface area contributed by atoms with Crippen molar-refractivity contribution in [2.45, 2.75) is 76.7 Å². The number of ether oxygens (including phenoxy) is 2. The fourth-order valence-electron chi connectivity index (χ4n) is 4.99. The second-order valence-electron chi connectivity index (χ2n) is 11.3. The number of rotatable bonds is 14. The van der Waals surface area contributed by atoms with Crippen LogP contribution in [0.3, 0.4) is 0 Å². The van der Waals surface area contributed by atoms with E-state index in [9.17, 15) is 19.2 Å². The molecule has 1 heterocycles. The Hall–Kier alpha value is -3.88. The smallest absolute Gasteiger partial charge is 0.408 e. The lowest BCUT2D eigenvalue weighted by Gasteiger charge is -2.24. The highest BCUT2D eigenvalue weighted by Crippen LogP contribution is 2.43. The molecule has 1 saturated carbocycles. The Labute approximate surface area is 235 Å². The molecule has 214 valence electrons. The second-order valence-corrected chi connectivity index (χ2v) is 11.3. The molecule has 3 atom stereocenters. The zero-order valence-corrected chi connectivity index (χ0v) is 23.2. The molecule has 9 heteroatoms. The van der Waals surface area contributed by atoms with Gasteiger partial charge < -0.3 is 30.2 Å². The van der Waals surface area contributed by atoms with Gasteiger partial charge in [0, 0.05) is 18.9 Å². The van der Waals surface area contributed by atoms with Gasteiger partial charge in [-0.2, -0.15) is 0 Å². The highest BCUT2D eigenvalue weighted by atomic mass is 16.6. The highest BCUT2D eigenvalue weighted by molar-refractivity contribution is 5.88. The minimum atomic E-state index is -0.863. The van der Waals surface area contributed by atoms with E-state index in [1.807, 2.05) is 68.4 Å². The van der Waals surface area contributed by atoms with Crippen molar-refractivity contribution in [2.24, 2.45) is 11.8 Å². The van der Waals surface area contributed by atoms with Gasteiger partial charge in [-0.15, -0.1) is 0 Å². The number of amides is 3. The molecule has 2 fully saturated rings. The van der Waals surface area contributed by atoms with Crippen LogP contribution in [-0.4, -0.2) is 48.4 Å². The van der Waals surface area contributed by atoms with Gasteiger partial charge in [-0.25, -0.2) is 4.79 Å². The quantitative estimate of drug-likeness (QED) is 0.309. The molecule has 1 aliphatic heterocycles. The van der Waals surface area contributed by atoms with Crippen molar-refractivity contribution in [3.63, 3.8) is 0 Å². The van der Waals surface area contributed by atoms with Crippen molar-refractivity contribution in [2.75, 3.05) is 6.54 Å². The van der Waals surface area contributed by atoms with Gasteiger partial charge in [-0.3, -0.25) is 9.59 Å². The fourth-order valence-corrected chi connectivity index (χ4v) is 4.99. The summed E-state index contributed by atoms with van der Waals surface area (Å²) in [5, 5.41) is 8.16. The molecular weight excluding hydrogens is 510 g/mol. The third kappa shape index (κ3) is 8.56. The number of carbonyl (C=O) groups is 4. The summed E-state index contributed by atoms with van der Waals surface area (Å²) in [5.74, 6) is -0.0253. The van der Waals surface area contributed by atoms with Gasteiger partial charge >= 0.3 is 6.09 Å². The first-order chi connectivity index (χ1) is 19.2. The molecule has 4 rings (SSSR count). The van der Waals surface area contributed by atoms with Crippen LogP contribution in [0.25, 0.3) is 0 Å². The van der Waals surface area contributed by atoms with Crippen LogP contribution in [0.15, 0.2) is 54.6 Å². The Bertz CT molecular complexity index is 1180. The number of alkyl carbamates (subject to hydrolysis) is 1. The maximum absolute atomic E-state index is 13.1. The number of nitrogens with one attached hydrogen (secondary N) is 3. The number of carbonyl (C=O) groups excluding carboxylic acids is 4. The first kappa shape index (κ1) is 29.1. The monoisotopic (exact) mass is 549 g/mol. The van der Waals surface area contributed by atoms with Crippen LogP contribution in [-0.2, 0) is 32.1 Å². The predicted molar refractivity (Wildman–Crippen MR) is 149 cm³/mol. The van der Waals surface area contributed by atoms with Crippen molar-refractivity contribution in [3.8, 4) is 5.75 Å². The first-order valence-electron chi connectivity index (χ1n) is 14.0. The Balaban J connectivity index is 1.31. The third-order valence-corrected chi connectivity index (χ3v) is 7.30. The van der Waals surface area contributed by atoms with Crippen molar-refractivity contribution in [1.82, 2.24) is 16.0 Å². The first-order valence-corrected chi connectivity index (χ1v) is 14.0. The third-order valence-electron chi connectivity index (χ3n) is 7.30. The zero-order chi connectivity index (χ0) is 28.5. The average molecular weight is 550 g/mol. The zero-order valence-electron chi connectivity index (χ0n) is 23.2. The molecule has 2 aromatic rings. The van der Waals surface area contributed by atoms with Crippen LogP contribution in [0, 0.1) is 11.8 Å². The van der Waals surface area contributed by atoms with Gasteiger partial charge in [0.05, 0.1) is 6.04 Å². The Kier molecular flexibility index (Phi) is 9.79. The molecule has 1 aliphatic carbocycles. The predicted octanol–water partition coefficient (Wildman–Crippen LogP) is 3.69. The van der Waals surface area contributed by atoms with Crippen LogP contribution in [0.4, 0.5) is 4.79 Å². The SMILES string of the molecule is CC(C)C[C@H](NC(=O)OC1(Cc2cccc(OCc3ccccc3)c2)CC1)C(=O)N[C@H](C=O)C[C@@H]1CCNC1=O. The van der Waals surface area contributed by atoms with Crippen LogP contribution in [0.2, 0.25) is 0 Å². The van der Waals surface area contributed by atoms with Crippen molar-refractivity contribution >= 4 is 24.2 Å². The molecular formula is C31H39N3O6. The van der Waals surface area contributed by atoms with E-state index in [2.05, 4.69) is 16.0 Å². The fraction of sp³-hybridized carbons (Fsp3) is 0.484. The van der Waals surface area contributed by atoms with Crippen LogP contribution in [0.5, 0.6) is 5.75 Å². The Morgan fingerprint density at radius 1 is 1.07 bits per heavy atom. The molecule has 2 aromatic carbocycles. The molecule has 0 unspecified atom stereocenters. The van der Waals surface area contributed by atoms with E-state index in [1.54, 1.807) is 0 Å².